The summed E-state index contributed by atoms with van der Waals surface area (Å²) in [5, 5.41) is 20.0. The van der Waals surface area contributed by atoms with Gasteiger partial charge in [-0.05, 0) is 37.0 Å². The Morgan fingerprint density at radius 1 is 1.48 bits per heavy atom. The van der Waals surface area contributed by atoms with Gasteiger partial charge in [0, 0.05) is 13.1 Å². The average Bonchev–Trinajstić information content (AvgIpc) is 2.63. The van der Waals surface area contributed by atoms with Gasteiger partial charge in [0.05, 0.1) is 11.6 Å². The van der Waals surface area contributed by atoms with Crippen LogP contribution in [0, 0.1) is 11.3 Å². The molecule has 0 aromatic heterocycles. The third-order valence-corrected chi connectivity index (χ3v) is 3.51. The number of nitrogens with one attached hydrogen (secondary N) is 1. The molecular formula is C15H17N3O3. The van der Waals surface area contributed by atoms with Crippen molar-refractivity contribution in [2.75, 3.05) is 6.54 Å². The van der Waals surface area contributed by atoms with Crippen LogP contribution in [0.15, 0.2) is 24.3 Å². The van der Waals surface area contributed by atoms with Gasteiger partial charge in [-0.25, -0.2) is 4.79 Å². The zero-order valence-electron chi connectivity index (χ0n) is 11.6. The van der Waals surface area contributed by atoms with E-state index in [9.17, 15) is 9.59 Å². The van der Waals surface area contributed by atoms with Crippen molar-refractivity contribution < 1.29 is 14.7 Å². The lowest BCUT2D eigenvalue weighted by Gasteiger charge is -2.24. The summed E-state index contributed by atoms with van der Waals surface area (Å²) < 4.78 is 0. The fraction of sp³-hybridized carbons (Fsp3) is 0.400. The molecule has 1 aromatic rings. The molecule has 6 heteroatoms. The van der Waals surface area contributed by atoms with Crippen LogP contribution >= 0.6 is 0 Å². The first-order valence-corrected chi connectivity index (χ1v) is 6.87. The topological polar surface area (TPSA) is 93.4 Å². The molecule has 0 radical (unpaired) electrons. The highest BCUT2D eigenvalue weighted by Crippen LogP contribution is 2.16. The summed E-state index contributed by atoms with van der Waals surface area (Å²) in [6, 6.07) is 8.49. The molecule has 1 fully saturated rings. The Morgan fingerprint density at radius 3 is 3.00 bits per heavy atom. The molecule has 0 unspecified atom stereocenters. The highest BCUT2D eigenvalue weighted by molar-refractivity contribution is 5.85. The van der Waals surface area contributed by atoms with Gasteiger partial charge in [-0.15, -0.1) is 0 Å². The van der Waals surface area contributed by atoms with Gasteiger partial charge in [0.25, 0.3) is 0 Å². The van der Waals surface area contributed by atoms with Gasteiger partial charge in [-0.2, -0.15) is 5.26 Å². The number of nitriles is 1. The molecule has 2 amide bonds. The quantitative estimate of drug-likeness (QED) is 0.885. The first kappa shape index (κ1) is 14.9. The minimum atomic E-state index is -1.18. The van der Waals surface area contributed by atoms with Crippen LogP contribution in [-0.2, 0) is 11.3 Å². The lowest BCUT2D eigenvalue weighted by molar-refractivity contribution is -0.133. The van der Waals surface area contributed by atoms with E-state index in [1.165, 1.54) is 0 Å². The molecule has 1 saturated heterocycles. The molecule has 1 heterocycles. The van der Waals surface area contributed by atoms with Crippen LogP contribution in [0.4, 0.5) is 4.79 Å². The van der Waals surface area contributed by atoms with Crippen molar-refractivity contribution in [3.8, 4) is 6.07 Å². The number of hydrogen-bond acceptors (Lipinski definition) is 3. The van der Waals surface area contributed by atoms with Crippen molar-refractivity contribution in [1.29, 1.82) is 5.26 Å². The molecule has 21 heavy (non-hydrogen) atoms. The minimum Gasteiger partial charge on any atom is -0.465 e. The fourth-order valence-electron chi connectivity index (χ4n) is 2.50. The number of amides is 2. The van der Waals surface area contributed by atoms with Crippen LogP contribution in [0.3, 0.4) is 0 Å². The maximum atomic E-state index is 12.4. The standard InChI is InChI=1S/C15H17N3O3/c16-9-11-4-3-5-12(8-11)10-18-7-2-1-6-13(14(18)19)17-15(20)21/h3-5,8,13,17H,1-2,6-7,10H2,(H,20,21)/t13-/m0/s1. The first-order chi connectivity index (χ1) is 10.1. The molecule has 6 nitrogen and oxygen atoms in total. The number of carbonyl (C=O) groups is 2. The zero-order chi connectivity index (χ0) is 15.2. The Bertz CT molecular complexity index is 580. The lowest BCUT2D eigenvalue weighted by Crippen LogP contribution is -2.46. The van der Waals surface area contributed by atoms with E-state index < -0.39 is 12.1 Å². The Kier molecular flexibility index (Phi) is 4.77. The largest absolute Gasteiger partial charge is 0.465 e. The highest BCUT2D eigenvalue weighted by atomic mass is 16.4. The summed E-state index contributed by atoms with van der Waals surface area (Å²) in [6.07, 6.45) is 1.01. The van der Waals surface area contributed by atoms with Crippen molar-refractivity contribution in [2.45, 2.75) is 31.8 Å². The number of hydrogen-bond donors (Lipinski definition) is 2. The van der Waals surface area contributed by atoms with E-state index in [0.29, 0.717) is 25.1 Å². The van der Waals surface area contributed by atoms with Crippen LogP contribution < -0.4 is 5.32 Å². The molecule has 2 N–H and O–H groups in total. The van der Waals surface area contributed by atoms with E-state index >= 15 is 0 Å². The van der Waals surface area contributed by atoms with E-state index in [-0.39, 0.29) is 5.91 Å². The summed E-state index contributed by atoms with van der Waals surface area (Å²) >= 11 is 0. The highest BCUT2D eigenvalue weighted by Gasteiger charge is 2.28. The molecule has 1 aliphatic rings. The monoisotopic (exact) mass is 287 g/mol. The van der Waals surface area contributed by atoms with Gasteiger partial charge >= 0.3 is 6.09 Å². The smallest absolute Gasteiger partial charge is 0.405 e. The van der Waals surface area contributed by atoms with E-state index in [1.54, 1.807) is 23.1 Å². The Morgan fingerprint density at radius 2 is 2.29 bits per heavy atom. The van der Waals surface area contributed by atoms with Gasteiger partial charge < -0.3 is 15.3 Å². The number of carbonyl (C=O) groups excluding carboxylic acids is 1. The van der Waals surface area contributed by atoms with Crippen LogP contribution in [0.2, 0.25) is 0 Å². The second-order valence-electron chi connectivity index (χ2n) is 5.07. The van der Waals surface area contributed by atoms with Crippen molar-refractivity contribution in [3.63, 3.8) is 0 Å². The number of likely N-dealkylation sites (tertiary alicyclic amines) is 1. The molecule has 110 valence electrons. The second kappa shape index (κ2) is 6.75. The van der Waals surface area contributed by atoms with Gasteiger partial charge in [0.2, 0.25) is 5.91 Å². The lowest BCUT2D eigenvalue weighted by atomic mass is 10.1. The molecule has 0 saturated carbocycles. The average molecular weight is 287 g/mol. The minimum absolute atomic E-state index is 0.197. The molecule has 2 rings (SSSR count). The molecule has 1 aliphatic heterocycles. The maximum absolute atomic E-state index is 12.4. The summed E-state index contributed by atoms with van der Waals surface area (Å²) in [5.74, 6) is -0.197. The van der Waals surface area contributed by atoms with E-state index in [1.807, 2.05) is 6.07 Å². The van der Waals surface area contributed by atoms with Crippen molar-refractivity contribution in [2.24, 2.45) is 0 Å². The summed E-state index contributed by atoms with van der Waals surface area (Å²) in [7, 11) is 0. The third kappa shape index (κ3) is 3.96. The predicted molar refractivity (Wildman–Crippen MR) is 75.4 cm³/mol. The fourth-order valence-corrected chi connectivity index (χ4v) is 2.50. The van der Waals surface area contributed by atoms with Crippen LogP contribution in [0.5, 0.6) is 0 Å². The number of carboxylic acid groups (broad SMARTS) is 1. The molecule has 0 spiro atoms. The molecular weight excluding hydrogens is 270 g/mol. The Labute approximate surface area is 123 Å². The van der Waals surface area contributed by atoms with E-state index in [4.69, 9.17) is 10.4 Å². The van der Waals surface area contributed by atoms with Crippen molar-refractivity contribution >= 4 is 12.0 Å². The van der Waals surface area contributed by atoms with Gasteiger partial charge in [0.1, 0.15) is 6.04 Å². The first-order valence-electron chi connectivity index (χ1n) is 6.87. The van der Waals surface area contributed by atoms with Crippen LogP contribution in [0.25, 0.3) is 0 Å². The molecule has 1 atom stereocenters. The zero-order valence-corrected chi connectivity index (χ0v) is 11.6. The molecule has 1 aromatic carbocycles. The second-order valence-corrected chi connectivity index (χ2v) is 5.07. The van der Waals surface area contributed by atoms with Crippen LogP contribution in [-0.4, -0.2) is 34.6 Å². The normalized spacial score (nSPS) is 18.7. The van der Waals surface area contributed by atoms with Crippen LogP contribution in [0.1, 0.15) is 30.4 Å². The van der Waals surface area contributed by atoms with E-state index in [2.05, 4.69) is 11.4 Å². The number of nitrogens with zero attached hydrogens (tertiary/aromatic N) is 2. The van der Waals surface area contributed by atoms with Gasteiger partial charge in [0.15, 0.2) is 0 Å². The van der Waals surface area contributed by atoms with Gasteiger partial charge in [-0.1, -0.05) is 12.1 Å². The van der Waals surface area contributed by atoms with Crippen molar-refractivity contribution in [3.05, 3.63) is 35.4 Å². The predicted octanol–water partition coefficient (Wildman–Crippen LogP) is 1.71. The maximum Gasteiger partial charge on any atom is 0.405 e. The Balaban J connectivity index is 2.11. The Hall–Kier alpha value is -2.55. The molecule has 0 bridgehead atoms. The number of benzene rings is 1. The summed E-state index contributed by atoms with van der Waals surface area (Å²) in [4.78, 5) is 24.8. The van der Waals surface area contributed by atoms with E-state index in [0.717, 1.165) is 18.4 Å². The molecule has 0 aliphatic carbocycles. The third-order valence-electron chi connectivity index (χ3n) is 3.51. The summed E-state index contributed by atoms with van der Waals surface area (Å²) in [5.41, 5.74) is 1.42. The number of rotatable bonds is 3. The SMILES string of the molecule is N#Cc1cccc(CN2CCCC[C@H](NC(=O)O)C2=O)c1. The van der Waals surface area contributed by atoms with Gasteiger partial charge in [-0.3, -0.25) is 4.79 Å². The van der Waals surface area contributed by atoms with Crippen molar-refractivity contribution in [1.82, 2.24) is 10.2 Å². The summed E-state index contributed by atoms with van der Waals surface area (Å²) in [6.45, 7) is 1.000.